The van der Waals surface area contributed by atoms with Crippen LogP contribution in [0.15, 0.2) is 70.5 Å². The lowest BCUT2D eigenvalue weighted by molar-refractivity contribution is -0.119. The smallest absolute Gasteiger partial charge is 0.291 e. The number of carbonyl (C=O) groups excluding carboxylic acids is 2. The summed E-state index contributed by atoms with van der Waals surface area (Å²) in [6.07, 6.45) is 5.69. The summed E-state index contributed by atoms with van der Waals surface area (Å²) in [6, 6.07) is 14.6. The molecule has 2 aromatic carbocycles. The van der Waals surface area contributed by atoms with Gasteiger partial charge < -0.3 is 19.4 Å². The van der Waals surface area contributed by atoms with Crippen molar-refractivity contribution in [2.45, 2.75) is 30.2 Å². The number of nitrogens with zero attached hydrogens (tertiary/aromatic N) is 3. The number of benzene rings is 2. The number of methoxy groups -OCH3 is 1. The van der Waals surface area contributed by atoms with Crippen molar-refractivity contribution in [1.82, 2.24) is 9.97 Å². The summed E-state index contributed by atoms with van der Waals surface area (Å²) < 4.78 is 11.5. The van der Waals surface area contributed by atoms with Crippen molar-refractivity contribution in [2.75, 3.05) is 23.9 Å². The number of para-hydroxylation sites is 1. The molecule has 2 aromatic heterocycles. The summed E-state index contributed by atoms with van der Waals surface area (Å²) in [5.74, 6) is 0.979. The molecule has 0 saturated carbocycles. The van der Waals surface area contributed by atoms with E-state index in [0.29, 0.717) is 46.6 Å². The highest BCUT2D eigenvalue weighted by atomic mass is 32.2. The molecule has 0 bridgehead atoms. The van der Waals surface area contributed by atoms with Crippen LogP contribution in [0, 0.1) is 0 Å². The molecule has 9 heteroatoms. The molecule has 4 aromatic rings. The lowest BCUT2D eigenvalue weighted by Gasteiger charge is -2.28. The Morgan fingerprint density at radius 3 is 2.77 bits per heavy atom. The summed E-state index contributed by atoms with van der Waals surface area (Å²) in [5, 5.41) is 4.43. The maximum atomic E-state index is 13.4. The van der Waals surface area contributed by atoms with Crippen LogP contribution in [0.4, 0.5) is 11.4 Å². The number of furan rings is 1. The minimum atomic E-state index is -0.369. The minimum Gasteiger partial charge on any atom is -0.495 e. The van der Waals surface area contributed by atoms with Crippen molar-refractivity contribution in [3.8, 4) is 5.75 Å². The molecule has 1 fully saturated rings. The second kappa shape index (κ2) is 10.2. The molecular formula is C26H24N4O4S. The number of thioether (sulfide) groups is 1. The number of hydrogen-bond donors (Lipinski definition) is 1. The average molecular weight is 489 g/mol. The molecule has 0 unspecified atom stereocenters. The summed E-state index contributed by atoms with van der Waals surface area (Å²) in [4.78, 5) is 36.1. The predicted octanol–water partition coefficient (Wildman–Crippen LogP) is 5.29. The van der Waals surface area contributed by atoms with E-state index >= 15 is 0 Å². The molecule has 1 aliphatic heterocycles. The van der Waals surface area contributed by atoms with Crippen LogP contribution in [0.1, 0.15) is 35.4 Å². The van der Waals surface area contributed by atoms with E-state index in [0.717, 1.165) is 23.8 Å². The van der Waals surface area contributed by atoms with E-state index < -0.39 is 0 Å². The first-order valence-electron chi connectivity index (χ1n) is 11.3. The monoisotopic (exact) mass is 488 g/mol. The van der Waals surface area contributed by atoms with Crippen molar-refractivity contribution >= 4 is 45.9 Å². The second-order valence-corrected chi connectivity index (χ2v) is 9.01. The minimum absolute atomic E-state index is 0.0535. The average Bonchev–Trinajstić information content (AvgIpc) is 3.27. The fraction of sp³-hybridized carbons (Fsp3) is 0.231. The molecule has 0 radical (unpaired) electrons. The highest BCUT2D eigenvalue weighted by Gasteiger charge is 2.25. The Morgan fingerprint density at radius 2 is 1.97 bits per heavy atom. The maximum Gasteiger partial charge on any atom is 0.291 e. The number of amides is 2. The highest BCUT2D eigenvalue weighted by Crippen LogP contribution is 2.35. The standard InChI is InChI=1S/C26H24N4O4S/c1-33-22-11-10-17(15-20(22)30-14-5-4-9-23(30)31)29-25(32)24-19(16-35-26-27-12-6-13-28-26)18-7-2-3-8-21(18)34-24/h2-3,6-8,10-13,15H,4-5,9,14,16H2,1H3,(H,29,32). The lowest BCUT2D eigenvalue weighted by atomic mass is 10.1. The molecular weight excluding hydrogens is 464 g/mol. The van der Waals surface area contributed by atoms with E-state index in [1.807, 2.05) is 24.3 Å². The molecule has 3 heterocycles. The number of piperidine rings is 1. The third-order valence-corrected chi connectivity index (χ3v) is 6.75. The predicted molar refractivity (Wildman–Crippen MR) is 135 cm³/mol. The quantitative estimate of drug-likeness (QED) is 0.279. The third-order valence-electron chi connectivity index (χ3n) is 5.84. The number of anilines is 2. The lowest BCUT2D eigenvalue weighted by Crippen LogP contribution is -2.35. The molecule has 178 valence electrons. The molecule has 1 saturated heterocycles. The van der Waals surface area contributed by atoms with E-state index in [9.17, 15) is 9.59 Å². The van der Waals surface area contributed by atoms with Crippen molar-refractivity contribution in [1.29, 1.82) is 0 Å². The molecule has 0 aliphatic carbocycles. The molecule has 8 nitrogen and oxygen atoms in total. The maximum absolute atomic E-state index is 13.4. The zero-order chi connectivity index (χ0) is 24.2. The van der Waals surface area contributed by atoms with E-state index in [1.54, 1.807) is 48.7 Å². The van der Waals surface area contributed by atoms with Gasteiger partial charge >= 0.3 is 0 Å². The Morgan fingerprint density at radius 1 is 1.14 bits per heavy atom. The number of rotatable bonds is 7. The van der Waals surface area contributed by atoms with Gasteiger partial charge in [-0.25, -0.2) is 9.97 Å². The van der Waals surface area contributed by atoms with Gasteiger partial charge in [-0.15, -0.1) is 0 Å². The fourth-order valence-corrected chi connectivity index (χ4v) is 4.98. The van der Waals surface area contributed by atoms with Crippen LogP contribution in [0.3, 0.4) is 0 Å². The van der Waals surface area contributed by atoms with Gasteiger partial charge in [0.05, 0.1) is 12.8 Å². The van der Waals surface area contributed by atoms with Gasteiger partial charge in [-0.3, -0.25) is 9.59 Å². The number of carbonyl (C=O) groups is 2. The van der Waals surface area contributed by atoms with Crippen LogP contribution in [-0.2, 0) is 10.5 Å². The number of ether oxygens (including phenoxy) is 1. The summed E-state index contributed by atoms with van der Waals surface area (Å²) >= 11 is 1.43. The molecule has 0 spiro atoms. The van der Waals surface area contributed by atoms with E-state index in [2.05, 4.69) is 15.3 Å². The molecule has 1 aliphatic rings. The normalized spacial score (nSPS) is 13.7. The molecule has 2 amide bonds. The Bertz CT molecular complexity index is 1370. The zero-order valence-electron chi connectivity index (χ0n) is 19.2. The van der Waals surface area contributed by atoms with Crippen LogP contribution < -0.4 is 15.0 Å². The first kappa shape index (κ1) is 22.9. The van der Waals surface area contributed by atoms with Crippen LogP contribution in [-0.4, -0.2) is 35.4 Å². The van der Waals surface area contributed by atoms with Crippen LogP contribution >= 0.6 is 11.8 Å². The van der Waals surface area contributed by atoms with Gasteiger partial charge in [-0.05, 0) is 43.2 Å². The van der Waals surface area contributed by atoms with Crippen LogP contribution in [0.25, 0.3) is 11.0 Å². The SMILES string of the molecule is COc1ccc(NC(=O)c2oc3ccccc3c2CSc2ncccn2)cc1N1CCCCC1=O. The third kappa shape index (κ3) is 4.85. The molecule has 5 rings (SSSR count). The Hall–Kier alpha value is -3.85. The van der Waals surface area contributed by atoms with E-state index in [-0.39, 0.29) is 17.6 Å². The Labute approximate surface area is 206 Å². The number of nitrogens with one attached hydrogen (secondary N) is 1. The van der Waals surface area contributed by atoms with Crippen molar-refractivity contribution in [3.05, 3.63) is 72.2 Å². The van der Waals surface area contributed by atoms with Gasteiger partial charge in [-0.1, -0.05) is 30.0 Å². The zero-order valence-corrected chi connectivity index (χ0v) is 20.0. The number of aromatic nitrogens is 2. The van der Waals surface area contributed by atoms with E-state index in [4.69, 9.17) is 9.15 Å². The highest BCUT2D eigenvalue weighted by molar-refractivity contribution is 7.98. The Kier molecular flexibility index (Phi) is 6.67. The van der Waals surface area contributed by atoms with Gasteiger partial charge in [0.1, 0.15) is 11.3 Å². The number of hydrogen-bond acceptors (Lipinski definition) is 7. The number of fused-ring (bicyclic) bond motifs is 1. The Balaban J connectivity index is 1.44. The van der Waals surface area contributed by atoms with Crippen LogP contribution in [0.2, 0.25) is 0 Å². The summed E-state index contributed by atoms with van der Waals surface area (Å²) in [5.41, 5.74) is 2.61. The molecule has 35 heavy (non-hydrogen) atoms. The van der Waals surface area contributed by atoms with Crippen LogP contribution in [0.5, 0.6) is 5.75 Å². The van der Waals surface area contributed by atoms with Crippen molar-refractivity contribution in [3.63, 3.8) is 0 Å². The molecule has 1 N–H and O–H groups in total. The first-order chi connectivity index (χ1) is 17.1. The largest absolute Gasteiger partial charge is 0.495 e. The van der Waals surface area contributed by atoms with Gasteiger partial charge in [0.25, 0.3) is 5.91 Å². The van der Waals surface area contributed by atoms with Gasteiger partial charge in [0.15, 0.2) is 10.9 Å². The fourth-order valence-electron chi connectivity index (χ4n) is 4.15. The van der Waals surface area contributed by atoms with Gasteiger partial charge in [0.2, 0.25) is 5.91 Å². The summed E-state index contributed by atoms with van der Waals surface area (Å²) in [6.45, 7) is 0.624. The van der Waals surface area contributed by atoms with Crippen molar-refractivity contribution < 1.29 is 18.7 Å². The second-order valence-electron chi connectivity index (χ2n) is 8.07. The van der Waals surface area contributed by atoms with E-state index in [1.165, 1.54) is 11.8 Å². The van der Waals surface area contributed by atoms with Crippen molar-refractivity contribution in [2.24, 2.45) is 0 Å². The topological polar surface area (TPSA) is 97.6 Å². The first-order valence-corrected chi connectivity index (χ1v) is 12.3. The van der Waals surface area contributed by atoms with Gasteiger partial charge in [-0.2, -0.15) is 0 Å². The summed E-state index contributed by atoms with van der Waals surface area (Å²) in [7, 11) is 1.57. The van der Waals surface area contributed by atoms with Gasteiger partial charge in [0, 0.05) is 47.7 Å². The molecule has 0 atom stereocenters.